The van der Waals surface area contributed by atoms with Crippen LogP contribution in [-0.2, 0) is 11.0 Å². The second-order valence-corrected chi connectivity index (χ2v) is 16.0. The first-order chi connectivity index (χ1) is 22.9. The van der Waals surface area contributed by atoms with Gasteiger partial charge in [-0.25, -0.2) is 4.57 Å². The first-order valence-electron chi connectivity index (χ1n) is 16.5. The molecule has 48 heavy (non-hydrogen) atoms. The summed E-state index contributed by atoms with van der Waals surface area (Å²) in [6, 6.07) is 29.4. The normalized spacial score (nSPS) is 15.7. The molecular formula is C41H41O4P3. The van der Waals surface area contributed by atoms with Gasteiger partial charge in [-0.15, -0.1) is 18.5 Å². The van der Waals surface area contributed by atoms with Crippen LogP contribution in [0.15, 0.2) is 84.9 Å². The van der Waals surface area contributed by atoms with Crippen molar-refractivity contribution in [3.8, 4) is 44.9 Å². The van der Waals surface area contributed by atoms with Gasteiger partial charge in [0.1, 0.15) is 11.5 Å². The van der Waals surface area contributed by atoms with Crippen molar-refractivity contribution < 1.29 is 18.5 Å². The highest BCUT2D eigenvalue weighted by Gasteiger charge is 2.38. The molecule has 0 saturated carbocycles. The van der Waals surface area contributed by atoms with Crippen molar-refractivity contribution in [2.75, 3.05) is 0 Å². The molecule has 0 amide bonds. The number of hydrogen-bond donors (Lipinski definition) is 1. The lowest BCUT2D eigenvalue weighted by Gasteiger charge is -2.23. The van der Waals surface area contributed by atoms with E-state index in [1.165, 1.54) is 5.56 Å². The van der Waals surface area contributed by atoms with E-state index in [2.05, 4.69) is 121 Å². The van der Waals surface area contributed by atoms with Gasteiger partial charge in [-0.3, -0.25) is 4.89 Å². The number of aryl methyl sites for hydroxylation is 2. The lowest BCUT2D eigenvalue weighted by atomic mass is 9.83. The van der Waals surface area contributed by atoms with Gasteiger partial charge in [0.05, 0.1) is 0 Å². The van der Waals surface area contributed by atoms with Crippen molar-refractivity contribution in [1.82, 2.24) is 0 Å². The van der Waals surface area contributed by atoms with Crippen molar-refractivity contribution in [2.45, 2.75) is 59.8 Å². The molecule has 3 unspecified atom stereocenters. The summed E-state index contributed by atoms with van der Waals surface area (Å²) in [7, 11) is 1.13. The third-order valence-electron chi connectivity index (χ3n) is 9.49. The van der Waals surface area contributed by atoms with Gasteiger partial charge < -0.3 is 9.05 Å². The summed E-state index contributed by atoms with van der Waals surface area (Å²) in [5.74, 6) is 1.25. The van der Waals surface area contributed by atoms with E-state index in [9.17, 15) is 9.46 Å². The number of benzene rings is 6. The van der Waals surface area contributed by atoms with Crippen LogP contribution < -0.4 is 19.7 Å². The van der Waals surface area contributed by atoms with Crippen LogP contribution in [0, 0.1) is 6.92 Å². The minimum absolute atomic E-state index is 0.192. The van der Waals surface area contributed by atoms with Crippen LogP contribution in [0.5, 0.6) is 11.5 Å². The first kappa shape index (κ1) is 33.0. The summed E-state index contributed by atoms with van der Waals surface area (Å²) in [4.78, 5) is 11.6. The van der Waals surface area contributed by atoms with Crippen molar-refractivity contribution in [3.63, 3.8) is 0 Å². The Morgan fingerprint density at radius 1 is 0.688 bits per heavy atom. The van der Waals surface area contributed by atoms with E-state index < -0.39 is 7.82 Å². The fraction of sp³-hybridized carbons (Fsp3) is 0.220. The maximum absolute atomic E-state index is 14.3. The molecule has 0 spiro atoms. The van der Waals surface area contributed by atoms with E-state index in [1.807, 2.05) is 24.3 Å². The predicted molar refractivity (Wildman–Crippen MR) is 210 cm³/mol. The molecule has 1 N–H and O–H groups in total. The SMILES string of the molecule is CCc1cc(C)cc(P)c1-c1cc2ccccc2c2c1OP(=O)(O)Oc1c(-c3c(P)cc(C(C)C)cc3C(C)C)cc3ccccc3c1-2. The molecule has 7 heteroatoms. The summed E-state index contributed by atoms with van der Waals surface area (Å²) in [5.41, 5.74) is 9.71. The van der Waals surface area contributed by atoms with Crippen LogP contribution in [-0.4, -0.2) is 4.89 Å². The maximum Gasteiger partial charge on any atom is 0.584 e. The lowest BCUT2D eigenvalue weighted by Crippen LogP contribution is -2.09. The standard InChI is InChI=1S/C41H41O4P3/c1-7-25-16-24(6)17-34(46)36(25)32-18-26-12-8-10-14-29(26)38-39-30-15-11-9-13-27(30)19-33(41(39)45-48(42,43)44-40(32)38)37-31(23(4)5)20-28(22(2)3)21-35(37)47/h8-23H,7,46-47H2,1-6H3,(H,42,43). The molecule has 7 rings (SSSR count). The maximum atomic E-state index is 14.3. The van der Waals surface area contributed by atoms with E-state index in [0.717, 1.165) is 88.6 Å². The minimum atomic E-state index is -4.69. The summed E-state index contributed by atoms with van der Waals surface area (Å²) in [5, 5.41) is 5.88. The number of hydrogen-bond acceptors (Lipinski definition) is 3. The van der Waals surface area contributed by atoms with Gasteiger partial charge in [0, 0.05) is 22.3 Å². The van der Waals surface area contributed by atoms with Gasteiger partial charge in [-0.05, 0) is 97.3 Å². The van der Waals surface area contributed by atoms with Crippen molar-refractivity contribution in [2.24, 2.45) is 0 Å². The zero-order valence-electron chi connectivity index (χ0n) is 28.2. The Hall–Kier alpha value is -3.51. The minimum Gasteiger partial charge on any atom is -0.394 e. The Morgan fingerprint density at radius 3 is 1.73 bits per heavy atom. The molecule has 0 bridgehead atoms. The quantitative estimate of drug-likeness (QED) is 0.183. The molecule has 0 radical (unpaired) electrons. The molecule has 0 saturated heterocycles. The molecule has 1 aliphatic heterocycles. The van der Waals surface area contributed by atoms with Crippen LogP contribution in [0.1, 0.15) is 68.7 Å². The molecule has 0 fully saturated rings. The van der Waals surface area contributed by atoms with Gasteiger partial charge >= 0.3 is 7.82 Å². The zero-order valence-corrected chi connectivity index (χ0v) is 31.4. The third kappa shape index (κ3) is 5.58. The average molecular weight is 691 g/mol. The molecule has 1 aliphatic rings. The molecule has 3 atom stereocenters. The molecule has 0 aromatic heterocycles. The second kappa shape index (κ2) is 12.4. The Kier molecular flexibility index (Phi) is 8.55. The van der Waals surface area contributed by atoms with Gasteiger partial charge in [0.15, 0.2) is 0 Å². The number of fused-ring (bicyclic) bond motifs is 7. The number of phosphoric ester groups is 1. The van der Waals surface area contributed by atoms with E-state index in [-0.39, 0.29) is 5.92 Å². The molecule has 6 aromatic carbocycles. The van der Waals surface area contributed by atoms with Gasteiger partial charge in [-0.1, -0.05) is 113 Å². The summed E-state index contributed by atoms with van der Waals surface area (Å²) >= 11 is 0. The van der Waals surface area contributed by atoms with Crippen molar-refractivity contribution >= 4 is 58.5 Å². The Labute approximate surface area is 287 Å². The second-order valence-electron chi connectivity index (χ2n) is 13.5. The first-order valence-corrected chi connectivity index (χ1v) is 19.2. The molecular weight excluding hydrogens is 649 g/mol. The van der Waals surface area contributed by atoms with E-state index in [4.69, 9.17) is 9.05 Å². The Balaban J connectivity index is 1.71. The summed E-state index contributed by atoms with van der Waals surface area (Å²) < 4.78 is 26.8. The van der Waals surface area contributed by atoms with Crippen LogP contribution in [0.25, 0.3) is 54.9 Å². The summed E-state index contributed by atoms with van der Waals surface area (Å²) in [6.07, 6.45) is 0.790. The highest BCUT2D eigenvalue weighted by atomic mass is 31.2. The van der Waals surface area contributed by atoms with E-state index >= 15 is 0 Å². The topological polar surface area (TPSA) is 55.8 Å². The lowest BCUT2D eigenvalue weighted by molar-refractivity contribution is 0.295. The fourth-order valence-electron chi connectivity index (χ4n) is 7.27. The van der Waals surface area contributed by atoms with Crippen molar-refractivity contribution in [3.05, 3.63) is 107 Å². The summed E-state index contributed by atoms with van der Waals surface area (Å²) in [6.45, 7) is 13.0. The zero-order chi connectivity index (χ0) is 34.1. The molecule has 244 valence electrons. The molecule has 0 aliphatic carbocycles. The third-order valence-corrected chi connectivity index (χ3v) is 11.2. The van der Waals surface area contributed by atoms with Crippen molar-refractivity contribution in [1.29, 1.82) is 0 Å². The fourth-order valence-corrected chi connectivity index (χ4v) is 9.27. The van der Waals surface area contributed by atoms with Crippen LogP contribution in [0.2, 0.25) is 0 Å². The Bertz CT molecular complexity index is 2320. The monoisotopic (exact) mass is 690 g/mol. The number of phosphoric acid groups is 1. The van der Waals surface area contributed by atoms with Gasteiger partial charge in [0.25, 0.3) is 0 Å². The smallest absolute Gasteiger partial charge is 0.394 e. The Morgan fingerprint density at radius 2 is 1.21 bits per heavy atom. The molecule has 4 nitrogen and oxygen atoms in total. The number of rotatable bonds is 5. The highest BCUT2D eigenvalue weighted by molar-refractivity contribution is 7.48. The largest absolute Gasteiger partial charge is 0.584 e. The van der Waals surface area contributed by atoms with Gasteiger partial charge in [-0.2, -0.15) is 0 Å². The molecule has 6 aromatic rings. The van der Waals surface area contributed by atoms with E-state index in [0.29, 0.717) is 17.4 Å². The van der Waals surface area contributed by atoms with Crippen LogP contribution in [0.3, 0.4) is 0 Å². The van der Waals surface area contributed by atoms with E-state index in [1.54, 1.807) is 0 Å². The van der Waals surface area contributed by atoms with Crippen LogP contribution >= 0.6 is 26.3 Å². The predicted octanol–water partition coefficient (Wildman–Crippen LogP) is 11.0. The van der Waals surface area contributed by atoms with Crippen LogP contribution in [0.4, 0.5) is 0 Å². The molecule has 1 heterocycles. The highest BCUT2D eigenvalue weighted by Crippen LogP contribution is 2.62. The average Bonchev–Trinajstić information content (AvgIpc) is 3.16. The van der Waals surface area contributed by atoms with Gasteiger partial charge in [0.2, 0.25) is 0 Å².